The molecule has 1 aromatic carbocycles. The van der Waals surface area contributed by atoms with Crippen LogP contribution in [0.1, 0.15) is 17.9 Å². The summed E-state index contributed by atoms with van der Waals surface area (Å²) in [4.78, 5) is 0. The van der Waals surface area contributed by atoms with Gasteiger partial charge < -0.3 is 10.8 Å². The van der Waals surface area contributed by atoms with E-state index in [4.69, 9.17) is 10.8 Å². The van der Waals surface area contributed by atoms with E-state index in [1.165, 1.54) is 12.1 Å². The summed E-state index contributed by atoms with van der Waals surface area (Å²) >= 11 is 0. The number of aromatic hydroxyl groups is 1. The molecule has 0 amide bonds. The van der Waals surface area contributed by atoms with Crippen molar-refractivity contribution in [3.63, 3.8) is 0 Å². The van der Waals surface area contributed by atoms with Crippen molar-refractivity contribution >= 4 is 0 Å². The fourth-order valence-corrected chi connectivity index (χ4v) is 1.35. The number of rotatable bonds is 1. The molecule has 0 bridgehead atoms. The van der Waals surface area contributed by atoms with E-state index in [2.05, 4.69) is 0 Å². The van der Waals surface area contributed by atoms with Crippen LogP contribution >= 0.6 is 0 Å². The lowest BCUT2D eigenvalue weighted by molar-refractivity contribution is 0.432. The maximum absolute atomic E-state index is 12.8. The van der Waals surface area contributed by atoms with Gasteiger partial charge in [0.15, 0.2) is 11.6 Å². The molecule has 1 aliphatic rings. The van der Waals surface area contributed by atoms with Crippen LogP contribution in [-0.4, -0.2) is 11.1 Å². The van der Waals surface area contributed by atoms with Crippen molar-refractivity contribution in [1.82, 2.24) is 0 Å². The monoisotopic (exact) mass is 167 g/mol. The molecule has 12 heavy (non-hydrogen) atoms. The minimum absolute atomic E-state index is 0.175. The first-order valence-corrected chi connectivity index (χ1v) is 3.92. The first kappa shape index (κ1) is 7.55. The van der Waals surface area contributed by atoms with Crippen molar-refractivity contribution < 1.29 is 9.50 Å². The van der Waals surface area contributed by atoms with Crippen LogP contribution in [0.4, 0.5) is 4.39 Å². The molecule has 2 unspecified atom stereocenters. The Kier molecular flexibility index (Phi) is 1.54. The number of hydrogen-bond donors (Lipinski definition) is 2. The molecular formula is C9H10FNO. The molecule has 0 radical (unpaired) electrons. The van der Waals surface area contributed by atoms with Gasteiger partial charge in [-0.05, 0) is 24.1 Å². The van der Waals surface area contributed by atoms with E-state index in [0.29, 0.717) is 5.92 Å². The lowest BCUT2D eigenvalue weighted by Crippen LogP contribution is -2.00. The minimum atomic E-state index is -0.563. The molecule has 1 saturated carbocycles. The number of benzene rings is 1. The van der Waals surface area contributed by atoms with Crippen LogP contribution in [0.5, 0.6) is 5.75 Å². The summed E-state index contributed by atoms with van der Waals surface area (Å²) in [6.07, 6.45) is 0.921. The van der Waals surface area contributed by atoms with Gasteiger partial charge in [0.1, 0.15) is 0 Å². The Balaban J connectivity index is 2.29. The smallest absolute Gasteiger partial charge is 0.165 e. The van der Waals surface area contributed by atoms with Gasteiger partial charge in [0.25, 0.3) is 0 Å². The Morgan fingerprint density at radius 2 is 2.17 bits per heavy atom. The number of nitrogens with two attached hydrogens (primary N) is 1. The van der Waals surface area contributed by atoms with Gasteiger partial charge in [0.2, 0.25) is 0 Å². The molecule has 2 rings (SSSR count). The molecule has 2 atom stereocenters. The summed E-state index contributed by atoms with van der Waals surface area (Å²) in [7, 11) is 0. The molecule has 2 nitrogen and oxygen atoms in total. The zero-order valence-corrected chi connectivity index (χ0v) is 6.50. The van der Waals surface area contributed by atoms with Crippen LogP contribution < -0.4 is 5.73 Å². The zero-order valence-electron chi connectivity index (χ0n) is 6.50. The van der Waals surface area contributed by atoms with E-state index >= 15 is 0 Å². The highest BCUT2D eigenvalue weighted by Crippen LogP contribution is 2.39. The molecule has 0 aromatic heterocycles. The molecule has 0 heterocycles. The third kappa shape index (κ3) is 1.16. The van der Waals surface area contributed by atoms with Crippen LogP contribution in [0.25, 0.3) is 0 Å². The average Bonchev–Trinajstić information content (AvgIpc) is 2.73. The van der Waals surface area contributed by atoms with E-state index in [0.717, 1.165) is 12.0 Å². The molecular weight excluding hydrogens is 157 g/mol. The Bertz CT molecular complexity index is 313. The summed E-state index contributed by atoms with van der Waals surface area (Å²) in [6, 6.07) is 4.62. The Hall–Kier alpha value is -1.09. The quantitative estimate of drug-likeness (QED) is 0.663. The molecule has 1 aliphatic carbocycles. The fourth-order valence-electron chi connectivity index (χ4n) is 1.35. The first-order chi connectivity index (χ1) is 5.68. The van der Waals surface area contributed by atoms with Crippen molar-refractivity contribution in [2.24, 2.45) is 5.73 Å². The van der Waals surface area contributed by atoms with E-state index in [9.17, 15) is 4.39 Å². The highest BCUT2D eigenvalue weighted by atomic mass is 19.1. The van der Waals surface area contributed by atoms with Crippen molar-refractivity contribution in [3.8, 4) is 5.75 Å². The van der Waals surface area contributed by atoms with Gasteiger partial charge in [-0.1, -0.05) is 6.07 Å². The van der Waals surface area contributed by atoms with Gasteiger partial charge in [-0.2, -0.15) is 0 Å². The number of phenols is 1. The second kappa shape index (κ2) is 2.45. The Morgan fingerprint density at radius 3 is 2.67 bits per heavy atom. The summed E-state index contributed by atoms with van der Waals surface area (Å²) in [5, 5.41) is 8.91. The predicted molar refractivity (Wildman–Crippen MR) is 43.4 cm³/mol. The number of phenolic OH excluding ortho intramolecular Hbond substituents is 1. The third-order valence-electron chi connectivity index (χ3n) is 2.24. The molecule has 1 aromatic rings. The SMILES string of the molecule is NC1CC1c1ccc(O)c(F)c1. The number of hydrogen-bond acceptors (Lipinski definition) is 2. The number of halogens is 1. The molecule has 3 heteroatoms. The Morgan fingerprint density at radius 1 is 1.50 bits per heavy atom. The molecule has 1 fully saturated rings. The van der Waals surface area contributed by atoms with Crippen LogP contribution in [0.15, 0.2) is 18.2 Å². The van der Waals surface area contributed by atoms with Gasteiger partial charge in [-0.3, -0.25) is 0 Å². The highest BCUT2D eigenvalue weighted by molar-refractivity contribution is 5.34. The van der Waals surface area contributed by atoms with Crippen molar-refractivity contribution in [2.45, 2.75) is 18.4 Å². The predicted octanol–water partition coefficient (Wildman–Crippen LogP) is 1.35. The average molecular weight is 167 g/mol. The van der Waals surface area contributed by atoms with Crippen LogP contribution in [-0.2, 0) is 0 Å². The first-order valence-electron chi connectivity index (χ1n) is 3.92. The fraction of sp³-hybridized carbons (Fsp3) is 0.333. The Labute approximate surface area is 69.8 Å². The maximum atomic E-state index is 12.8. The van der Waals surface area contributed by atoms with Crippen LogP contribution in [0, 0.1) is 5.82 Å². The van der Waals surface area contributed by atoms with Crippen molar-refractivity contribution in [2.75, 3.05) is 0 Å². The van der Waals surface area contributed by atoms with Gasteiger partial charge >= 0.3 is 0 Å². The van der Waals surface area contributed by atoms with E-state index in [-0.39, 0.29) is 11.8 Å². The molecule has 3 N–H and O–H groups in total. The van der Waals surface area contributed by atoms with E-state index < -0.39 is 5.82 Å². The summed E-state index contributed by atoms with van der Waals surface area (Å²) in [6.45, 7) is 0. The van der Waals surface area contributed by atoms with Crippen LogP contribution in [0.2, 0.25) is 0 Å². The second-order valence-electron chi connectivity index (χ2n) is 3.22. The van der Waals surface area contributed by atoms with Gasteiger partial charge in [0, 0.05) is 12.0 Å². The largest absolute Gasteiger partial charge is 0.505 e. The lowest BCUT2D eigenvalue weighted by atomic mass is 10.1. The minimum Gasteiger partial charge on any atom is -0.505 e. The molecule has 64 valence electrons. The topological polar surface area (TPSA) is 46.2 Å². The van der Waals surface area contributed by atoms with Crippen molar-refractivity contribution in [3.05, 3.63) is 29.6 Å². The molecule has 0 spiro atoms. The van der Waals surface area contributed by atoms with Gasteiger partial charge in [-0.25, -0.2) is 4.39 Å². The summed E-state index contributed by atoms with van der Waals surface area (Å²) in [5.74, 6) is -0.570. The van der Waals surface area contributed by atoms with Gasteiger partial charge in [0.05, 0.1) is 0 Å². The zero-order chi connectivity index (χ0) is 8.72. The molecule has 0 saturated heterocycles. The van der Waals surface area contributed by atoms with E-state index in [1.807, 2.05) is 0 Å². The highest BCUT2D eigenvalue weighted by Gasteiger charge is 2.35. The van der Waals surface area contributed by atoms with Gasteiger partial charge in [-0.15, -0.1) is 0 Å². The maximum Gasteiger partial charge on any atom is 0.165 e. The second-order valence-corrected chi connectivity index (χ2v) is 3.22. The van der Waals surface area contributed by atoms with Crippen LogP contribution in [0.3, 0.4) is 0 Å². The molecule has 0 aliphatic heterocycles. The van der Waals surface area contributed by atoms with Crippen molar-refractivity contribution in [1.29, 1.82) is 0 Å². The third-order valence-corrected chi connectivity index (χ3v) is 2.24. The standard InChI is InChI=1S/C9H10FNO/c10-7-3-5(1-2-9(7)12)6-4-8(6)11/h1-3,6,8,12H,4,11H2. The lowest BCUT2D eigenvalue weighted by Gasteiger charge is -1.99. The summed E-state index contributed by atoms with van der Waals surface area (Å²) in [5.41, 5.74) is 6.49. The normalized spacial score (nSPS) is 27.2. The summed E-state index contributed by atoms with van der Waals surface area (Å²) < 4.78 is 12.8. The van der Waals surface area contributed by atoms with E-state index in [1.54, 1.807) is 6.07 Å².